The van der Waals surface area contributed by atoms with Crippen molar-refractivity contribution >= 4 is 23.4 Å². The topological polar surface area (TPSA) is 79.1 Å². The Labute approximate surface area is 236 Å². The number of thiazole rings is 1. The number of carbonyl (C=O) groups excluding carboxylic acids is 1. The molecule has 1 aliphatic rings. The molecule has 3 aromatic carbocycles. The number of esters is 1. The van der Waals surface area contributed by atoms with E-state index in [1.54, 1.807) is 11.7 Å². The lowest BCUT2D eigenvalue weighted by Crippen LogP contribution is -2.40. The third-order valence-electron chi connectivity index (χ3n) is 6.73. The van der Waals surface area contributed by atoms with Gasteiger partial charge in [0.2, 0.25) is 0 Å². The van der Waals surface area contributed by atoms with E-state index in [1.807, 2.05) is 86.7 Å². The number of nitrogens with zero attached hydrogens (tertiary/aromatic N) is 2. The number of hydrogen-bond donors (Lipinski definition) is 0. The van der Waals surface area contributed by atoms with Crippen molar-refractivity contribution in [2.24, 2.45) is 4.99 Å². The summed E-state index contributed by atoms with van der Waals surface area (Å²) in [5.74, 6) is 0.689. The average Bonchev–Trinajstić information content (AvgIpc) is 3.29. The van der Waals surface area contributed by atoms with Gasteiger partial charge in [0.1, 0.15) is 6.61 Å². The summed E-state index contributed by atoms with van der Waals surface area (Å²) in [5.41, 5.74) is 4.60. The minimum Gasteiger partial charge on any atom is -0.493 e. The van der Waals surface area contributed by atoms with Gasteiger partial charge < -0.3 is 14.2 Å². The molecule has 2 heterocycles. The van der Waals surface area contributed by atoms with Crippen LogP contribution in [-0.2, 0) is 16.1 Å². The maximum absolute atomic E-state index is 13.8. The lowest BCUT2D eigenvalue weighted by atomic mass is 9.95. The average molecular weight is 555 g/mol. The largest absolute Gasteiger partial charge is 0.493 e. The van der Waals surface area contributed by atoms with E-state index in [9.17, 15) is 9.59 Å². The molecule has 204 valence electrons. The standard InChI is InChI=1S/C32H30N2O5S/c1-5-24-28(31(36)38-4)29(23-12-7-6-8-13-23)34-30(35)27(40-32(34)33-24)18-21-14-15-25(26(17-21)37-3)39-19-22-11-9-10-20(2)16-22/h6-18,29H,5,19H2,1-4H3/b27-18-/t29-/m0/s1. The van der Waals surface area contributed by atoms with Gasteiger partial charge in [-0.25, -0.2) is 9.79 Å². The van der Waals surface area contributed by atoms with Gasteiger partial charge in [0, 0.05) is 0 Å². The molecule has 0 aliphatic carbocycles. The number of benzene rings is 3. The highest BCUT2D eigenvalue weighted by Crippen LogP contribution is 2.32. The van der Waals surface area contributed by atoms with Crippen LogP contribution < -0.4 is 24.4 Å². The number of aromatic nitrogens is 1. The van der Waals surface area contributed by atoms with Crippen LogP contribution in [0.15, 0.2) is 93.9 Å². The highest BCUT2D eigenvalue weighted by molar-refractivity contribution is 7.07. The maximum Gasteiger partial charge on any atom is 0.338 e. The lowest BCUT2D eigenvalue weighted by Gasteiger charge is -2.25. The first-order valence-electron chi connectivity index (χ1n) is 13.0. The molecular formula is C32H30N2O5S. The maximum atomic E-state index is 13.8. The zero-order chi connectivity index (χ0) is 28.2. The summed E-state index contributed by atoms with van der Waals surface area (Å²) >= 11 is 1.29. The first-order chi connectivity index (χ1) is 19.4. The van der Waals surface area contributed by atoms with E-state index in [1.165, 1.54) is 24.0 Å². The normalized spacial score (nSPS) is 14.9. The van der Waals surface area contributed by atoms with E-state index in [4.69, 9.17) is 19.2 Å². The van der Waals surface area contributed by atoms with Gasteiger partial charge in [-0.05, 0) is 48.2 Å². The zero-order valence-corrected chi connectivity index (χ0v) is 23.7. The summed E-state index contributed by atoms with van der Waals surface area (Å²) in [4.78, 5) is 32.0. The predicted molar refractivity (Wildman–Crippen MR) is 155 cm³/mol. The Hall–Kier alpha value is -4.43. The van der Waals surface area contributed by atoms with Gasteiger partial charge in [0.25, 0.3) is 5.56 Å². The first-order valence-corrected chi connectivity index (χ1v) is 13.8. The Morgan fingerprint density at radius 3 is 2.52 bits per heavy atom. The molecule has 1 atom stereocenters. The number of hydrogen-bond acceptors (Lipinski definition) is 7. The summed E-state index contributed by atoms with van der Waals surface area (Å²) < 4.78 is 18.8. The summed E-state index contributed by atoms with van der Waals surface area (Å²) in [6.45, 7) is 4.40. The molecule has 1 aliphatic heterocycles. The second-order valence-electron chi connectivity index (χ2n) is 9.39. The summed E-state index contributed by atoms with van der Waals surface area (Å²) in [6, 6.07) is 22.6. The van der Waals surface area contributed by atoms with E-state index >= 15 is 0 Å². The van der Waals surface area contributed by atoms with Gasteiger partial charge in [0.15, 0.2) is 16.3 Å². The fourth-order valence-corrected chi connectivity index (χ4v) is 5.84. The number of rotatable bonds is 8. The van der Waals surface area contributed by atoms with Gasteiger partial charge in [-0.2, -0.15) is 0 Å². The highest BCUT2D eigenvalue weighted by Gasteiger charge is 2.33. The minimum atomic E-state index is -0.631. The quantitative estimate of drug-likeness (QED) is 0.295. The second-order valence-corrected chi connectivity index (χ2v) is 10.4. The Morgan fingerprint density at radius 2 is 1.82 bits per heavy atom. The molecule has 40 heavy (non-hydrogen) atoms. The molecule has 0 amide bonds. The molecule has 0 saturated carbocycles. The van der Waals surface area contributed by atoms with Gasteiger partial charge in [-0.15, -0.1) is 0 Å². The van der Waals surface area contributed by atoms with Gasteiger partial charge in [-0.3, -0.25) is 9.36 Å². The van der Waals surface area contributed by atoms with E-state index in [2.05, 4.69) is 6.07 Å². The van der Waals surface area contributed by atoms with Crippen LogP contribution >= 0.6 is 11.3 Å². The fourth-order valence-electron chi connectivity index (χ4n) is 4.82. The smallest absolute Gasteiger partial charge is 0.338 e. The van der Waals surface area contributed by atoms with Crippen LogP contribution in [0.1, 0.15) is 41.6 Å². The minimum absolute atomic E-state index is 0.229. The Kier molecular flexibility index (Phi) is 7.98. The molecule has 7 nitrogen and oxygen atoms in total. The number of fused-ring (bicyclic) bond motifs is 1. The number of methoxy groups -OCH3 is 2. The van der Waals surface area contributed by atoms with Gasteiger partial charge in [0.05, 0.1) is 36.1 Å². The van der Waals surface area contributed by atoms with Crippen molar-refractivity contribution in [2.75, 3.05) is 14.2 Å². The summed E-state index contributed by atoms with van der Waals surface area (Å²) in [6.07, 6.45) is 2.34. The molecule has 1 aromatic heterocycles. The van der Waals surface area contributed by atoms with Crippen LogP contribution in [0.2, 0.25) is 0 Å². The lowest BCUT2D eigenvalue weighted by molar-refractivity contribution is -0.136. The molecule has 4 aromatic rings. The molecule has 0 spiro atoms. The molecule has 0 N–H and O–H groups in total. The molecule has 0 saturated heterocycles. The van der Waals surface area contributed by atoms with Crippen molar-refractivity contribution in [1.82, 2.24) is 4.57 Å². The van der Waals surface area contributed by atoms with E-state index in [0.717, 1.165) is 16.7 Å². The Morgan fingerprint density at radius 1 is 1.02 bits per heavy atom. The van der Waals surface area contributed by atoms with Crippen LogP contribution in [0.4, 0.5) is 0 Å². The van der Waals surface area contributed by atoms with E-state index < -0.39 is 12.0 Å². The van der Waals surface area contributed by atoms with E-state index in [0.29, 0.717) is 45.1 Å². The second kappa shape index (κ2) is 11.8. The monoisotopic (exact) mass is 554 g/mol. The Bertz CT molecular complexity index is 1770. The predicted octanol–water partition coefficient (Wildman–Crippen LogP) is 4.69. The van der Waals surface area contributed by atoms with Crippen LogP contribution in [0.3, 0.4) is 0 Å². The molecular weight excluding hydrogens is 524 g/mol. The number of ether oxygens (including phenoxy) is 3. The molecule has 5 rings (SSSR count). The zero-order valence-electron chi connectivity index (χ0n) is 22.8. The van der Waals surface area contributed by atoms with Crippen LogP contribution in [0.5, 0.6) is 11.5 Å². The number of allylic oxidation sites excluding steroid dienone is 1. The van der Waals surface area contributed by atoms with Gasteiger partial charge >= 0.3 is 5.97 Å². The van der Waals surface area contributed by atoms with Crippen molar-refractivity contribution in [3.63, 3.8) is 0 Å². The van der Waals surface area contributed by atoms with E-state index in [-0.39, 0.29) is 5.56 Å². The SMILES string of the molecule is CCC1=C(C(=O)OC)[C@H](c2ccccc2)n2c(s/c(=C\c3ccc(OCc4cccc(C)c4)c(OC)c3)c2=O)=N1. The van der Waals surface area contributed by atoms with Crippen LogP contribution in [-0.4, -0.2) is 24.8 Å². The molecule has 0 bridgehead atoms. The van der Waals surface area contributed by atoms with Crippen LogP contribution in [0, 0.1) is 6.92 Å². The van der Waals surface area contributed by atoms with Crippen molar-refractivity contribution in [1.29, 1.82) is 0 Å². The fraction of sp³-hybridized carbons (Fsp3) is 0.219. The third-order valence-corrected chi connectivity index (χ3v) is 7.71. The number of aryl methyl sites for hydroxylation is 1. The molecule has 8 heteroatoms. The molecule has 0 radical (unpaired) electrons. The van der Waals surface area contributed by atoms with Crippen LogP contribution in [0.25, 0.3) is 6.08 Å². The van der Waals surface area contributed by atoms with Crippen molar-refractivity contribution in [2.45, 2.75) is 32.9 Å². The highest BCUT2D eigenvalue weighted by atomic mass is 32.1. The van der Waals surface area contributed by atoms with Gasteiger partial charge in [-0.1, -0.05) is 84.5 Å². The van der Waals surface area contributed by atoms with Crippen molar-refractivity contribution in [3.05, 3.63) is 126 Å². The third kappa shape index (κ3) is 5.35. The summed E-state index contributed by atoms with van der Waals surface area (Å²) in [7, 11) is 2.93. The first kappa shape index (κ1) is 27.1. The molecule has 0 fully saturated rings. The summed E-state index contributed by atoms with van der Waals surface area (Å²) in [5, 5.41) is 0. The number of carbonyl (C=O) groups is 1. The van der Waals surface area contributed by atoms with Crippen molar-refractivity contribution < 1.29 is 19.0 Å². The molecule has 0 unspecified atom stereocenters. The Balaban J connectivity index is 1.55. The van der Waals surface area contributed by atoms with Crippen molar-refractivity contribution in [3.8, 4) is 11.5 Å².